The summed E-state index contributed by atoms with van der Waals surface area (Å²) >= 11 is 0. The van der Waals surface area contributed by atoms with Crippen molar-refractivity contribution in [3.8, 4) is 5.75 Å². The molecule has 2 unspecified atom stereocenters. The SMILES string of the molecule is CCCN(C)C(=O)c1ccc(OCCCN2CC3CCCC3C2)cc1. The number of nitrogens with zero attached hydrogens (tertiary/aromatic N) is 2. The second kappa shape index (κ2) is 8.70. The van der Waals surface area contributed by atoms with Crippen LogP contribution in [0.4, 0.5) is 0 Å². The van der Waals surface area contributed by atoms with E-state index < -0.39 is 0 Å². The third-order valence-corrected chi connectivity index (χ3v) is 5.70. The average molecular weight is 344 g/mol. The topological polar surface area (TPSA) is 32.8 Å². The maximum Gasteiger partial charge on any atom is 0.253 e. The van der Waals surface area contributed by atoms with Gasteiger partial charge in [-0.2, -0.15) is 0 Å². The molecule has 138 valence electrons. The Labute approximate surface area is 152 Å². The third-order valence-electron chi connectivity index (χ3n) is 5.70. The number of likely N-dealkylation sites (tertiary alicyclic amines) is 1. The van der Waals surface area contributed by atoms with Crippen LogP contribution < -0.4 is 4.74 Å². The van der Waals surface area contributed by atoms with Crippen LogP contribution >= 0.6 is 0 Å². The van der Waals surface area contributed by atoms with Gasteiger partial charge in [-0.1, -0.05) is 13.3 Å². The minimum Gasteiger partial charge on any atom is -0.494 e. The van der Waals surface area contributed by atoms with Crippen LogP contribution in [0.1, 0.15) is 49.4 Å². The first-order valence-corrected chi connectivity index (χ1v) is 9.88. The van der Waals surface area contributed by atoms with Gasteiger partial charge in [-0.25, -0.2) is 0 Å². The summed E-state index contributed by atoms with van der Waals surface area (Å²) in [5, 5.41) is 0. The standard InChI is InChI=1S/C21H32N2O2/c1-3-12-22(2)21(24)17-8-10-20(11-9-17)25-14-5-13-23-15-18-6-4-7-19(18)16-23/h8-11,18-19H,3-7,12-16H2,1-2H3. The lowest BCUT2D eigenvalue weighted by atomic mass is 10.0. The zero-order valence-corrected chi connectivity index (χ0v) is 15.7. The maximum absolute atomic E-state index is 12.2. The zero-order valence-electron chi connectivity index (χ0n) is 15.7. The quantitative estimate of drug-likeness (QED) is 0.675. The highest BCUT2D eigenvalue weighted by molar-refractivity contribution is 5.94. The van der Waals surface area contributed by atoms with Crippen molar-refractivity contribution in [3.05, 3.63) is 29.8 Å². The Kier molecular flexibility index (Phi) is 6.35. The van der Waals surface area contributed by atoms with Crippen molar-refractivity contribution in [1.82, 2.24) is 9.80 Å². The van der Waals surface area contributed by atoms with E-state index >= 15 is 0 Å². The number of carbonyl (C=O) groups is 1. The fraction of sp³-hybridized carbons (Fsp3) is 0.667. The fourth-order valence-corrected chi connectivity index (χ4v) is 4.34. The predicted octanol–water partition coefficient (Wildman–Crippen LogP) is 3.67. The molecule has 25 heavy (non-hydrogen) atoms. The Morgan fingerprint density at radius 1 is 1.20 bits per heavy atom. The van der Waals surface area contributed by atoms with Crippen LogP contribution in [-0.2, 0) is 0 Å². The number of amides is 1. The molecule has 1 aliphatic carbocycles. The van der Waals surface area contributed by atoms with E-state index in [-0.39, 0.29) is 5.91 Å². The second-order valence-corrected chi connectivity index (χ2v) is 7.66. The molecule has 0 N–H and O–H groups in total. The molecule has 1 saturated heterocycles. The number of fused-ring (bicyclic) bond motifs is 1. The normalized spacial score (nSPS) is 22.8. The molecule has 4 heteroatoms. The van der Waals surface area contributed by atoms with E-state index in [9.17, 15) is 4.79 Å². The number of carbonyl (C=O) groups excluding carboxylic acids is 1. The van der Waals surface area contributed by atoms with E-state index in [1.165, 1.54) is 32.4 Å². The van der Waals surface area contributed by atoms with Gasteiger partial charge in [0.1, 0.15) is 5.75 Å². The van der Waals surface area contributed by atoms with Gasteiger partial charge >= 0.3 is 0 Å². The predicted molar refractivity (Wildman–Crippen MR) is 101 cm³/mol. The molecule has 0 aromatic heterocycles. The van der Waals surface area contributed by atoms with E-state index in [0.717, 1.165) is 55.7 Å². The van der Waals surface area contributed by atoms with Gasteiger partial charge < -0.3 is 14.5 Å². The van der Waals surface area contributed by atoms with Gasteiger partial charge in [0.25, 0.3) is 5.91 Å². The van der Waals surface area contributed by atoms with Crippen molar-refractivity contribution in [1.29, 1.82) is 0 Å². The van der Waals surface area contributed by atoms with E-state index in [0.29, 0.717) is 0 Å². The molecule has 0 radical (unpaired) electrons. The molecule has 2 fully saturated rings. The molecule has 1 aromatic carbocycles. The van der Waals surface area contributed by atoms with Crippen LogP contribution in [0.5, 0.6) is 5.75 Å². The number of hydrogen-bond donors (Lipinski definition) is 0. The lowest BCUT2D eigenvalue weighted by Crippen LogP contribution is -2.27. The van der Waals surface area contributed by atoms with Crippen molar-refractivity contribution in [2.75, 3.05) is 39.8 Å². The van der Waals surface area contributed by atoms with Gasteiger partial charge in [-0.3, -0.25) is 4.79 Å². The fourth-order valence-electron chi connectivity index (χ4n) is 4.34. The van der Waals surface area contributed by atoms with E-state index in [2.05, 4.69) is 11.8 Å². The monoisotopic (exact) mass is 344 g/mol. The van der Waals surface area contributed by atoms with Crippen LogP contribution in [0.2, 0.25) is 0 Å². The van der Waals surface area contributed by atoms with Crippen LogP contribution in [0.3, 0.4) is 0 Å². The highest BCUT2D eigenvalue weighted by Gasteiger charge is 2.35. The molecule has 1 heterocycles. The second-order valence-electron chi connectivity index (χ2n) is 7.66. The number of ether oxygens (including phenoxy) is 1. The molecule has 4 nitrogen and oxygen atoms in total. The molecule has 1 saturated carbocycles. The first kappa shape index (κ1) is 18.2. The molecule has 0 spiro atoms. The van der Waals surface area contributed by atoms with E-state index in [4.69, 9.17) is 4.74 Å². The van der Waals surface area contributed by atoms with E-state index in [1.807, 2.05) is 31.3 Å². The van der Waals surface area contributed by atoms with Crippen molar-refractivity contribution in [2.24, 2.45) is 11.8 Å². The summed E-state index contributed by atoms with van der Waals surface area (Å²) in [7, 11) is 1.85. The van der Waals surface area contributed by atoms with Crippen molar-refractivity contribution in [2.45, 2.75) is 39.0 Å². The largest absolute Gasteiger partial charge is 0.494 e. The molecule has 1 amide bonds. The van der Waals surface area contributed by atoms with Gasteiger partial charge in [0.15, 0.2) is 0 Å². The molecule has 1 aromatic rings. The van der Waals surface area contributed by atoms with Gasteiger partial charge in [-0.15, -0.1) is 0 Å². The molecule has 2 atom stereocenters. The molecule has 2 aliphatic rings. The number of benzene rings is 1. The molecular weight excluding hydrogens is 312 g/mol. The van der Waals surface area contributed by atoms with Gasteiger partial charge in [0.05, 0.1) is 6.61 Å². The van der Waals surface area contributed by atoms with Crippen LogP contribution in [0.15, 0.2) is 24.3 Å². The van der Waals surface area contributed by atoms with Crippen LogP contribution in [0, 0.1) is 11.8 Å². The third kappa shape index (κ3) is 4.75. The molecule has 0 bridgehead atoms. The zero-order chi connectivity index (χ0) is 17.6. The number of hydrogen-bond acceptors (Lipinski definition) is 3. The van der Waals surface area contributed by atoms with Gasteiger partial charge in [-0.05, 0) is 61.8 Å². The highest BCUT2D eigenvalue weighted by atomic mass is 16.5. The Morgan fingerprint density at radius 2 is 1.88 bits per heavy atom. The van der Waals surface area contributed by atoms with Gasteiger partial charge in [0, 0.05) is 38.8 Å². The lowest BCUT2D eigenvalue weighted by molar-refractivity contribution is 0.0795. The summed E-state index contributed by atoms with van der Waals surface area (Å²) in [5.74, 6) is 2.87. The molecule has 1 aliphatic heterocycles. The average Bonchev–Trinajstić information content (AvgIpc) is 3.20. The Hall–Kier alpha value is -1.55. The summed E-state index contributed by atoms with van der Waals surface area (Å²) in [5.41, 5.74) is 0.729. The lowest BCUT2D eigenvalue weighted by Gasteiger charge is -2.17. The summed E-state index contributed by atoms with van der Waals surface area (Å²) < 4.78 is 5.85. The summed E-state index contributed by atoms with van der Waals surface area (Å²) in [6, 6.07) is 7.55. The Bertz CT molecular complexity index is 546. The van der Waals surface area contributed by atoms with Crippen LogP contribution in [0.25, 0.3) is 0 Å². The maximum atomic E-state index is 12.2. The Balaban J connectivity index is 1.37. The minimum atomic E-state index is 0.0768. The first-order chi connectivity index (χ1) is 12.2. The smallest absolute Gasteiger partial charge is 0.253 e. The molecule has 3 rings (SSSR count). The summed E-state index contributed by atoms with van der Waals surface area (Å²) in [6.07, 6.45) is 6.37. The first-order valence-electron chi connectivity index (χ1n) is 9.88. The van der Waals surface area contributed by atoms with Crippen LogP contribution in [-0.4, -0.2) is 55.5 Å². The number of rotatable bonds is 8. The van der Waals surface area contributed by atoms with Crippen molar-refractivity contribution < 1.29 is 9.53 Å². The highest BCUT2D eigenvalue weighted by Crippen LogP contribution is 2.37. The van der Waals surface area contributed by atoms with Crippen molar-refractivity contribution in [3.63, 3.8) is 0 Å². The van der Waals surface area contributed by atoms with Crippen molar-refractivity contribution >= 4 is 5.91 Å². The van der Waals surface area contributed by atoms with E-state index in [1.54, 1.807) is 4.90 Å². The minimum absolute atomic E-state index is 0.0768. The molecular formula is C21H32N2O2. The van der Waals surface area contributed by atoms with Gasteiger partial charge in [0.2, 0.25) is 0 Å². The summed E-state index contributed by atoms with van der Waals surface area (Å²) in [6.45, 7) is 7.35. The Morgan fingerprint density at radius 3 is 2.52 bits per heavy atom. The summed E-state index contributed by atoms with van der Waals surface area (Å²) in [4.78, 5) is 16.6.